The first kappa shape index (κ1) is 13.9. The number of rotatable bonds is 2. The predicted octanol–water partition coefficient (Wildman–Crippen LogP) is 3.71. The van der Waals surface area contributed by atoms with Crippen molar-refractivity contribution in [3.05, 3.63) is 74.6 Å². The zero-order valence-electron chi connectivity index (χ0n) is 11.5. The lowest BCUT2D eigenvalue weighted by Crippen LogP contribution is -1.95. The average Bonchev–Trinajstić information content (AvgIpc) is 2.79. The maximum atomic E-state index is 13.6. The van der Waals surface area contributed by atoms with Crippen molar-refractivity contribution < 1.29 is 18.8 Å². The number of hydrogen-bond acceptors (Lipinski definition) is 4. The molecule has 0 radical (unpaired) electrons. The molecular formula is C16H10FNO4. The van der Waals surface area contributed by atoms with Gasteiger partial charge in [-0.15, -0.1) is 0 Å². The second-order valence-corrected chi connectivity index (χ2v) is 4.89. The minimum Gasteiger partial charge on any atom is -0.422 e. The molecule has 2 aromatic carbocycles. The van der Waals surface area contributed by atoms with Crippen LogP contribution in [0.1, 0.15) is 27.0 Å². The van der Waals surface area contributed by atoms with E-state index in [0.29, 0.717) is 16.7 Å². The molecule has 0 atom stereocenters. The lowest BCUT2D eigenvalue weighted by Gasteiger charge is -2.01. The molecule has 0 unspecified atom stereocenters. The molecule has 1 aliphatic heterocycles. The maximum absolute atomic E-state index is 13.6. The third-order valence-corrected chi connectivity index (χ3v) is 3.40. The van der Waals surface area contributed by atoms with Crippen LogP contribution in [0.3, 0.4) is 0 Å². The maximum Gasteiger partial charge on any atom is 0.344 e. The van der Waals surface area contributed by atoms with Crippen LogP contribution < -0.4 is 0 Å². The minimum atomic E-state index is -0.655. The average molecular weight is 299 g/mol. The summed E-state index contributed by atoms with van der Waals surface area (Å²) in [5.41, 5.74) is 1.46. The molecule has 0 saturated heterocycles. The monoisotopic (exact) mass is 299 g/mol. The van der Waals surface area contributed by atoms with E-state index in [1.807, 2.05) is 0 Å². The second-order valence-electron chi connectivity index (χ2n) is 4.89. The van der Waals surface area contributed by atoms with Crippen molar-refractivity contribution >= 4 is 23.5 Å². The molecule has 3 rings (SSSR count). The van der Waals surface area contributed by atoms with Crippen LogP contribution in [0.5, 0.6) is 0 Å². The number of carbonyl (C=O) groups excluding carboxylic acids is 1. The summed E-state index contributed by atoms with van der Waals surface area (Å²) in [6, 6.07) is 8.57. The topological polar surface area (TPSA) is 69.4 Å². The number of carbonyl (C=O) groups is 1. The highest BCUT2D eigenvalue weighted by Gasteiger charge is 2.28. The Bertz CT molecular complexity index is 842. The van der Waals surface area contributed by atoms with Crippen molar-refractivity contribution in [3.63, 3.8) is 0 Å². The molecule has 0 aromatic heterocycles. The number of non-ortho nitro benzene ring substituents is 1. The summed E-state index contributed by atoms with van der Waals surface area (Å²) in [7, 11) is 0. The van der Waals surface area contributed by atoms with Crippen molar-refractivity contribution in [1.82, 2.24) is 0 Å². The summed E-state index contributed by atoms with van der Waals surface area (Å²) in [6.45, 7) is 1.65. The van der Waals surface area contributed by atoms with Gasteiger partial charge in [-0.05, 0) is 36.3 Å². The van der Waals surface area contributed by atoms with Crippen molar-refractivity contribution in [2.24, 2.45) is 0 Å². The Hall–Kier alpha value is -3.02. The zero-order chi connectivity index (χ0) is 15.9. The molecule has 1 aliphatic rings. The first-order valence-electron chi connectivity index (χ1n) is 6.44. The molecule has 0 aliphatic carbocycles. The highest BCUT2D eigenvalue weighted by molar-refractivity contribution is 6.06. The SMILES string of the molecule is Cc1ccc(C=C2OC(=O)c3cc([N+](=O)[O-])ccc32)cc1F. The Morgan fingerprint density at radius 1 is 1.18 bits per heavy atom. The van der Waals surface area contributed by atoms with Gasteiger partial charge in [-0.3, -0.25) is 10.1 Å². The highest BCUT2D eigenvalue weighted by Crippen LogP contribution is 2.33. The molecule has 0 bridgehead atoms. The van der Waals surface area contributed by atoms with Crippen LogP contribution in [0.15, 0.2) is 36.4 Å². The molecule has 0 N–H and O–H groups in total. The molecule has 5 nitrogen and oxygen atoms in total. The van der Waals surface area contributed by atoms with Crippen LogP contribution in [-0.2, 0) is 4.74 Å². The van der Waals surface area contributed by atoms with Crippen LogP contribution in [0.4, 0.5) is 10.1 Å². The van der Waals surface area contributed by atoms with E-state index in [2.05, 4.69) is 0 Å². The number of nitro benzene ring substituents is 1. The Labute approximate surface area is 124 Å². The summed E-state index contributed by atoms with van der Waals surface area (Å²) in [5.74, 6) is -0.765. The number of benzene rings is 2. The Morgan fingerprint density at radius 3 is 2.64 bits per heavy atom. The molecule has 0 saturated carbocycles. The van der Waals surface area contributed by atoms with E-state index in [4.69, 9.17) is 4.74 Å². The number of halogens is 1. The van der Waals surface area contributed by atoms with Gasteiger partial charge in [-0.2, -0.15) is 0 Å². The van der Waals surface area contributed by atoms with Gasteiger partial charge >= 0.3 is 5.97 Å². The number of cyclic esters (lactones) is 1. The normalized spacial score (nSPS) is 14.8. The van der Waals surface area contributed by atoms with Crippen LogP contribution in [0, 0.1) is 22.9 Å². The standard InChI is InChI=1S/C16H10FNO4/c1-9-2-3-10(6-14(9)17)7-15-12-5-4-11(18(20)21)8-13(12)16(19)22-15/h2-8H,1H3. The largest absolute Gasteiger partial charge is 0.422 e. The molecular weight excluding hydrogens is 289 g/mol. The van der Waals surface area contributed by atoms with Crippen molar-refractivity contribution in [3.8, 4) is 0 Å². The smallest absolute Gasteiger partial charge is 0.344 e. The summed E-state index contributed by atoms with van der Waals surface area (Å²) in [5, 5.41) is 10.7. The quantitative estimate of drug-likeness (QED) is 0.481. The van der Waals surface area contributed by atoms with E-state index < -0.39 is 10.9 Å². The highest BCUT2D eigenvalue weighted by atomic mass is 19.1. The van der Waals surface area contributed by atoms with Gasteiger partial charge < -0.3 is 4.74 Å². The fourth-order valence-electron chi connectivity index (χ4n) is 2.20. The Balaban J connectivity index is 2.05. The van der Waals surface area contributed by atoms with Gasteiger partial charge in [0.15, 0.2) is 0 Å². The molecule has 1 heterocycles. The summed E-state index contributed by atoms with van der Waals surface area (Å²) >= 11 is 0. The van der Waals surface area contributed by atoms with Crippen LogP contribution in [0.2, 0.25) is 0 Å². The molecule has 2 aromatic rings. The van der Waals surface area contributed by atoms with Gasteiger partial charge in [0.25, 0.3) is 5.69 Å². The number of ether oxygens (including phenoxy) is 1. The fourth-order valence-corrected chi connectivity index (χ4v) is 2.20. The lowest BCUT2D eigenvalue weighted by molar-refractivity contribution is -0.384. The molecule has 0 amide bonds. The van der Waals surface area contributed by atoms with E-state index >= 15 is 0 Å². The van der Waals surface area contributed by atoms with Crippen molar-refractivity contribution in [2.75, 3.05) is 0 Å². The third-order valence-electron chi connectivity index (χ3n) is 3.40. The number of nitrogens with zero attached hydrogens (tertiary/aromatic N) is 1. The summed E-state index contributed by atoms with van der Waals surface area (Å²) in [4.78, 5) is 22.0. The summed E-state index contributed by atoms with van der Waals surface area (Å²) in [6.07, 6.45) is 1.53. The van der Waals surface area contributed by atoms with Crippen LogP contribution in [-0.4, -0.2) is 10.9 Å². The molecule has 22 heavy (non-hydrogen) atoms. The van der Waals surface area contributed by atoms with Gasteiger partial charge in [-0.1, -0.05) is 12.1 Å². The third kappa shape index (κ3) is 2.35. The minimum absolute atomic E-state index is 0.132. The zero-order valence-corrected chi connectivity index (χ0v) is 11.5. The van der Waals surface area contributed by atoms with Crippen LogP contribution in [0.25, 0.3) is 11.8 Å². The molecule has 0 spiro atoms. The number of nitro groups is 1. The first-order valence-corrected chi connectivity index (χ1v) is 6.44. The van der Waals surface area contributed by atoms with E-state index in [1.54, 1.807) is 19.1 Å². The predicted molar refractivity (Wildman–Crippen MR) is 77.5 cm³/mol. The number of hydrogen-bond donors (Lipinski definition) is 0. The fraction of sp³-hybridized carbons (Fsp3) is 0.0625. The lowest BCUT2D eigenvalue weighted by atomic mass is 10.0. The van der Waals surface area contributed by atoms with E-state index in [0.717, 1.165) is 0 Å². The second kappa shape index (κ2) is 5.07. The van der Waals surface area contributed by atoms with Crippen LogP contribution >= 0.6 is 0 Å². The Kier molecular flexibility index (Phi) is 3.21. The molecule has 110 valence electrons. The molecule has 6 heteroatoms. The van der Waals surface area contributed by atoms with Gasteiger partial charge in [0.2, 0.25) is 0 Å². The number of aryl methyl sites for hydroxylation is 1. The van der Waals surface area contributed by atoms with Gasteiger partial charge in [0.05, 0.1) is 10.5 Å². The number of fused-ring (bicyclic) bond motifs is 1. The van der Waals surface area contributed by atoms with E-state index in [-0.39, 0.29) is 22.8 Å². The van der Waals surface area contributed by atoms with Gasteiger partial charge in [0, 0.05) is 17.7 Å². The molecule has 0 fully saturated rings. The van der Waals surface area contributed by atoms with Crippen molar-refractivity contribution in [2.45, 2.75) is 6.92 Å². The Morgan fingerprint density at radius 2 is 1.95 bits per heavy atom. The van der Waals surface area contributed by atoms with Crippen molar-refractivity contribution in [1.29, 1.82) is 0 Å². The van der Waals surface area contributed by atoms with Gasteiger partial charge in [-0.25, -0.2) is 9.18 Å². The van der Waals surface area contributed by atoms with Gasteiger partial charge in [0.1, 0.15) is 11.6 Å². The first-order chi connectivity index (χ1) is 10.5. The van der Waals surface area contributed by atoms with E-state index in [9.17, 15) is 19.3 Å². The summed E-state index contributed by atoms with van der Waals surface area (Å²) < 4.78 is 18.7. The van der Waals surface area contributed by atoms with E-state index in [1.165, 1.54) is 30.3 Å². The number of esters is 1.